The van der Waals surface area contributed by atoms with Crippen LogP contribution in [0.4, 0.5) is 0 Å². The lowest BCUT2D eigenvalue weighted by Crippen LogP contribution is -2.07. The fourth-order valence-corrected chi connectivity index (χ4v) is 2.84. The molecular weight excluding hydrogens is 262 g/mol. The predicted octanol–water partition coefficient (Wildman–Crippen LogP) is 4.24. The molecule has 3 heteroatoms. The molecule has 0 bridgehead atoms. The Kier molecular flexibility index (Phi) is 5.05. The lowest BCUT2D eigenvalue weighted by atomic mass is 9.84. The molecule has 1 aromatic carbocycles. The first-order valence-corrected chi connectivity index (χ1v) is 7.29. The van der Waals surface area contributed by atoms with Crippen LogP contribution in [0.5, 0.6) is 11.5 Å². The molecule has 0 heterocycles. The zero-order chi connectivity index (χ0) is 15.2. The highest BCUT2D eigenvalue weighted by molar-refractivity contribution is 5.52. The second-order valence-corrected chi connectivity index (χ2v) is 5.47. The Hall–Kier alpha value is -2.21. The highest BCUT2D eigenvalue weighted by atomic mass is 16.5. The van der Waals surface area contributed by atoms with Gasteiger partial charge in [-0.05, 0) is 43.9 Å². The molecule has 1 atom stereocenters. The van der Waals surface area contributed by atoms with Crippen molar-refractivity contribution < 1.29 is 9.84 Å². The monoisotopic (exact) mass is 283 g/mol. The van der Waals surface area contributed by atoms with E-state index in [-0.39, 0.29) is 18.1 Å². The van der Waals surface area contributed by atoms with Crippen LogP contribution in [0.15, 0.2) is 36.4 Å². The molecule has 2 rings (SSSR count). The SMILES string of the molecule is C=CCOc1cc(CC#N)cc(O)c1C1C=C(C)CCC1. The molecule has 0 aromatic heterocycles. The van der Waals surface area contributed by atoms with Crippen LogP contribution in [0.1, 0.15) is 43.2 Å². The van der Waals surface area contributed by atoms with Gasteiger partial charge in [0, 0.05) is 11.5 Å². The molecule has 0 radical (unpaired) electrons. The third kappa shape index (κ3) is 3.66. The van der Waals surface area contributed by atoms with Gasteiger partial charge in [-0.15, -0.1) is 0 Å². The summed E-state index contributed by atoms with van der Waals surface area (Å²) in [6.07, 6.45) is 7.40. The fraction of sp³-hybridized carbons (Fsp3) is 0.389. The Bertz CT molecular complexity index is 596. The number of rotatable bonds is 5. The average molecular weight is 283 g/mol. The first-order valence-electron chi connectivity index (χ1n) is 7.29. The molecule has 0 saturated heterocycles. The van der Waals surface area contributed by atoms with Gasteiger partial charge in [0.1, 0.15) is 18.1 Å². The molecule has 1 unspecified atom stereocenters. The zero-order valence-corrected chi connectivity index (χ0v) is 12.4. The molecule has 1 aromatic rings. The van der Waals surface area contributed by atoms with Gasteiger partial charge in [0.2, 0.25) is 0 Å². The molecule has 0 saturated carbocycles. The van der Waals surface area contributed by atoms with E-state index in [2.05, 4.69) is 25.6 Å². The topological polar surface area (TPSA) is 53.2 Å². The summed E-state index contributed by atoms with van der Waals surface area (Å²) in [5, 5.41) is 19.2. The Balaban J connectivity index is 2.44. The number of phenols is 1. The van der Waals surface area contributed by atoms with Gasteiger partial charge >= 0.3 is 0 Å². The third-order valence-corrected chi connectivity index (χ3v) is 3.76. The van der Waals surface area contributed by atoms with Crippen molar-refractivity contribution in [1.29, 1.82) is 5.26 Å². The van der Waals surface area contributed by atoms with Crippen molar-refractivity contribution in [2.45, 2.75) is 38.5 Å². The van der Waals surface area contributed by atoms with Crippen molar-refractivity contribution >= 4 is 0 Å². The van der Waals surface area contributed by atoms with Gasteiger partial charge in [0.15, 0.2) is 0 Å². The van der Waals surface area contributed by atoms with Gasteiger partial charge in [-0.3, -0.25) is 0 Å². The van der Waals surface area contributed by atoms with Gasteiger partial charge in [0.25, 0.3) is 0 Å². The number of aromatic hydroxyl groups is 1. The molecule has 1 N–H and O–H groups in total. The molecule has 1 aliphatic rings. The van der Waals surface area contributed by atoms with E-state index in [1.165, 1.54) is 5.57 Å². The summed E-state index contributed by atoms with van der Waals surface area (Å²) in [7, 11) is 0. The van der Waals surface area contributed by atoms with Gasteiger partial charge in [-0.1, -0.05) is 24.3 Å². The van der Waals surface area contributed by atoms with Gasteiger partial charge < -0.3 is 9.84 Å². The maximum absolute atomic E-state index is 10.4. The minimum absolute atomic E-state index is 0.176. The maximum Gasteiger partial charge on any atom is 0.127 e. The van der Waals surface area contributed by atoms with Crippen molar-refractivity contribution in [2.24, 2.45) is 0 Å². The van der Waals surface area contributed by atoms with Crippen LogP contribution in [-0.2, 0) is 6.42 Å². The second kappa shape index (κ2) is 6.99. The summed E-state index contributed by atoms with van der Waals surface area (Å²) in [6, 6.07) is 5.64. The number of hydrogen-bond donors (Lipinski definition) is 1. The van der Waals surface area contributed by atoms with E-state index in [1.807, 2.05) is 6.07 Å². The van der Waals surface area contributed by atoms with E-state index in [9.17, 15) is 5.11 Å². The van der Waals surface area contributed by atoms with Crippen LogP contribution >= 0.6 is 0 Å². The molecule has 3 nitrogen and oxygen atoms in total. The summed E-state index contributed by atoms with van der Waals surface area (Å²) in [5.41, 5.74) is 2.95. The maximum atomic E-state index is 10.4. The van der Waals surface area contributed by atoms with Gasteiger partial charge in [0.05, 0.1) is 12.5 Å². The van der Waals surface area contributed by atoms with Crippen LogP contribution in [0, 0.1) is 11.3 Å². The quantitative estimate of drug-likeness (QED) is 0.822. The summed E-state index contributed by atoms with van der Waals surface area (Å²) < 4.78 is 5.73. The van der Waals surface area contributed by atoms with Crippen LogP contribution in [0.3, 0.4) is 0 Å². The molecule has 1 aliphatic carbocycles. The largest absolute Gasteiger partial charge is 0.507 e. The lowest BCUT2D eigenvalue weighted by molar-refractivity contribution is 0.350. The van der Waals surface area contributed by atoms with Crippen molar-refractivity contribution in [1.82, 2.24) is 0 Å². The van der Waals surface area contributed by atoms with Gasteiger partial charge in [-0.2, -0.15) is 5.26 Å². The van der Waals surface area contributed by atoms with Crippen LogP contribution in [0.2, 0.25) is 0 Å². The number of benzene rings is 1. The first-order chi connectivity index (χ1) is 10.2. The van der Waals surface area contributed by atoms with Crippen LogP contribution < -0.4 is 4.74 Å². The van der Waals surface area contributed by atoms with E-state index in [0.29, 0.717) is 12.4 Å². The Morgan fingerprint density at radius 3 is 3.00 bits per heavy atom. The number of nitriles is 1. The normalized spacial score (nSPS) is 17.7. The number of hydrogen-bond acceptors (Lipinski definition) is 3. The number of phenolic OH excluding ortho intramolecular Hbond substituents is 1. The van der Waals surface area contributed by atoms with Crippen LogP contribution in [-0.4, -0.2) is 11.7 Å². The number of nitrogens with zero attached hydrogens (tertiary/aromatic N) is 1. The van der Waals surface area contributed by atoms with E-state index in [4.69, 9.17) is 10.00 Å². The highest BCUT2D eigenvalue weighted by Crippen LogP contribution is 2.42. The van der Waals surface area contributed by atoms with E-state index in [1.54, 1.807) is 12.1 Å². The van der Waals surface area contributed by atoms with Crippen molar-refractivity contribution in [3.63, 3.8) is 0 Å². The van der Waals surface area contributed by atoms with Crippen LogP contribution in [0.25, 0.3) is 0 Å². The van der Waals surface area contributed by atoms with Crippen molar-refractivity contribution in [2.75, 3.05) is 6.61 Å². The standard InChI is InChI=1S/C18H21NO2/c1-3-9-21-17-12-14(7-8-19)11-16(20)18(17)15-6-4-5-13(2)10-15/h3,10-12,15,20H,1,4-7,9H2,2H3. The highest BCUT2D eigenvalue weighted by Gasteiger charge is 2.22. The summed E-state index contributed by atoms with van der Waals surface area (Å²) in [4.78, 5) is 0. The Labute approximate surface area is 126 Å². The third-order valence-electron chi connectivity index (χ3n) is 3.76. The van der Waals surface area contributed by atoms with Gasteiger partial charge in [-0.25, -0.2) is 0 Å². The molecular formula is C18H21NO2. The lowest BCUT2D eigenvalue weighted by Gasteiger charge is -2.23. The minimum Gasteiger partial charge on any atom is -0.507 e. The summed E-state index contributed by atoms with van der Waals surface area (Å²) in [6.45, 7) is 6.17. The summed E-state index contributed by atoms with van der Waals surface area (Å²) >= 11 is 0. The Morgan fingerprint density at radius 1 is 1.52 bits per heavy atom. The van der Waals surface area contributed by atoms with Crippen molar-refractivity contribution in [3.05, 3.63) is 47.6 Å². The smallest absolute Gasteiger partial charge is 0.127 e. The number of ether oxygens (including phenoxy) is 1. The fourth-order valence-electron chi connectivity index (χ4n) is 2.84. The first kappa shape index (κ1) is 15.2. The van der Waals surface area contributed by atoms with E-state index < -0.39 is 0 Å². The Morgan fingerprint density at radius 2 is 2.33 bits per heavy atom. The molecule has 0 amide bonds. The molecule has 0 fully saturated rings. The average Bonchev–Trinajstić information content (AvgIpc) is 2.45. The molecule has 21 heavy (non-hydrogen) atoms. The molecule has 110 valence electrons. The van der Waals surface area contributed by atoms with Crippen molar-refractivity contribution in [3.8, 4) is 17.6 Å². The second-order valence-electron chi connectivity index (χ2n) is 5.47. The summed E-state index contributed by atoms with van der Waals surface area (Å²) in [5.74, 6) is 1.06. The van der Waals surface area contributed by atoms with E-state index >= 15 is 0 Å². The molecule has 0 aliphatic heterocycles. The predicted molar refractivity (Wildman–Crippen MR) is 83.5 cm³/mol. The zero-order valence-electron chi connectivity index (χ0n) is 12.4. The van der Waals surface area contributed by atoms with E-state index in [0.717, 1.165) is 30.4 Å². The number of allylic oxidation sites excluding steroid dienone is 2. The molecule has 0 spiro atoms. The minimum atomic E-state index is 0.176.